The third kappa shape index (κ3) is 4.12. The molecule has 1 amide bonds. The highest BCUT2D eigenvalue weighted by Crippen LogP contribution is 2.32. The van der Waals surface area contributed by atoms with E-state index < -0.39 is 11.6 Å². The van der Waals surface area contributed by atoms with Crippen LogP contribution in [0.2, 0.25) is 0 Å². The zero-order valence-corrected chi connectivity index (χ0v) is 17.9. The molecular weight excluding hydrogens is 410 g/mol. The summed E-state index contributed by atoms with van der Waals surface area (Å²) in [6.45, 7) is 3.70. The molecule has 6 heteroatoms. The van der Waals surface area contributed by atoms with E-state index in [9.17, 15) is 13.6 Å². The first kappa shape index (κ1) is 21.3. The third-order valence-corrected chi connectivity index (χ3v) is 5.34. The van der Waals surface area contributed by atoms with Gasteiger partial charge in [-0.05, 0) is 74.0 Å². The summed E-state index contributed by atoms with van der Waals surface area (Å²) < 4.78 is 35.1. The average Bonchev–Trinajstić information content (AvgIpc) is 3.12. The number of hydrogen-bond acceptors (Lipinski definition) is 2. The number of nitrogens with zero attached hydrogens (tertiary/aromatic N) is 1. The fourth-order valence-corrected chi connectivity index (χ4v) is 3.62. The van der Waals surface area contributed by atoms with Crippen LogP contribution in [-0.4, -0.2) is 17.6 Å². The van der Waals surface area contributed by atoms with Crippen molar-refractivity contribution >= 4 is 11.6 Å². The molecule has 0 saturated carbocycles. The van der Waals surface area contributed by atoms with E-state index in [2.05, 4.69) is 5.32 Å². The summed E-state index contributed by atoms with van der Waals surface area (Å²) in [4.78, 5) is 13.1. The predicted molar refractivity (Wildman–Crippen MR) is 122 cm³/mol. The van der Waals surface area contributed by atoms with Crippen molar-refractivity contribution in [2.75, 3.05) is 12.4 Å². The lowest BCUT2D eigenvalue weighted by Crippen LogP contribution is -2.13. The molecule has 4 nitrogen and oxygen atoms in total. The molecule has 1 aromatic heterocycles. The topological polar surface area (TPSA) is 43.3 Å². The van der Waals surface area contributed by atoms with Crippen molar-refractivity contribution in [1.82, 2.24) is 4.57 Å². The second-order valence-corrected chi connectivity index (χ2v) is 7.51. The van der Waals surface area contributed by atoms with E-state index in [0.717, 1.165) is 17.2 Å². The monoisotopic (exact) mass is 432 g/mol. The van der Waals surface area contributed by atoms with Crippen LogP contribution in [0.15, 0.2) is 72.8 Å². The largest absolute Gasteiger partial charge is 0.497 e. The van der Waals surface area contributed by atoms with Crippen molar-refractivity contribution < 1.29 is 18.3 Å². The lowest BCUT2D eigenvalue weighted by Gasteiger charge is -2.14. The molecule has 1 N–H and O–H groups in total. The van der Waals surface area contributed by atoms with Gasteiger partial charge in [0.15, 0.2) is 0 Å². The summed E-state index contributed by atoms with van der Waals surface area (Å²) in [6, 6.07) is 19.8. The molecule has 4 aromatic rings. The number of nitrogens with one attached hydrogen (secondary N) is 1. The van der Waals surface area contributed by atoms with Gasteiger partial charge in [0.2, 0.25) is 0 Å². The number of benzene rings is 3. The lowest BCUT2D eigenvalue weighted by molar-refractivity contribution is 0.102. The quantitative estimate of drug-likeness (QED) is 0.402. The summed E-state index contributed by atoms with van der Waals surface area (Å²) in [7, 11) is 1.57. The van der Waals surface area contributed by atoms with Gasteiger partial charge in [-0.2, -0.15) is 0 Å². The van der Waals surface area contributed by atoms with E-state index in [1.165, 1.54) is 12.1 Å². The van der Waals surface area contributed by atoms with E-state index in [4.69, 9.17) is 4.74 Å². The van der Waals surface area contributed by atoms with Crippen molar-refractivity contribution in [2.24, 2.45) is 0 Å². The smallest absolute Gasteiger partial charge is 0.257 e. The van der Waals surface area contributed by atoms with E-state index in [1.807, 2.05) is 43.3 Å². The molecule has 0 aliphatic heterocycles. The van der Waals surface area contributed by atoms with Crippen LogP contribution in [0.3, 0.4) is 0 Å². The highest BCUT2D eigenvalue weighted by Gasteiger charge is 2.22. The van der Waals surface area contributed by atoms with E-state index in [1.54, 1.807) is 36.8 Å². The molecular formula is C26H22F2N2O2. The molecule has 162 valence electrons. The Morgan fingerprint density at radius 3 is 2.22 bits per heavy atom. The van der Waals surface area contributed by atoms with Gasteiger partial charge in [0.1, 0.15) is 17.4 Å². The number of methoxy groups -OCH3 is 1. The molecule has 0 aliphatic carbocycles. The van der Waals surface area contributed by atoms with Crippen LogP contribution in [0.5, 0.6) is 5.75 Å². The van der Waals surface area contributed by atoms with Crippen LogP contribution in [-0.2, 0) is 0 Å². The molecule has 0 fully saturated rings. The number of ether oxygens (including phenoxy) is 1. The van der Waals surface area contributed by atoms with Gasteiger partial charge >= 0.3 is 0 Å². The number of amides is 1. The second kappa shape index (κ2) is 8.67. The molecule has 3 aromatic carbocycles. The molecule has 0 radical (unpaired) electrons. The fraction of sp³-hybridized carbons (Fsp3) is 0.115. The molecule has 0 atom stereocenters. The minimum Gasteiger partial charge on any atom is -0.497 e. The van der Waals surface area contributed by atoms with Crippen molar-refractivity contribution in [3.05, 3.63) is 101 Å². The number of hydrogen-bond donors (Lipinski definition) is 1. The Balaban J connectivity index is 1.83. The third-order valence-electron chi connectivity index (χ3n) is 5.34. The first-order chi connectivity index (χ1) is 15.4. The number of aromatic nitrogens is 1. The van der Waals surface area contributed by atoms with Crippen LogP contribution in [0.1, 0.15) is 21.6 Å². The SMILES string of the molecule is COc1ccc(-c2cc(C(=O)Nc3ccc(C)cc3)c(C)n2-c2ccc(F)cc2F)cc1. The molecule has 0 aliphatic rings. The Bertz CT molecular complexity index is 1280. The molecule has 0 unspecified atom stereocenters. The summed E-state index contributed by atoms with van der Waals surface area (Å²) in [5.74, 6) is -1.03. The maximum absolute atomic E-state index is 14.7. The van der Waals surface area contributed by atoms with Crippen LogP contribution < -0.4 is 10.1 Å². The first-order valence-electron chi connectivity index (χ1n) is 10.1. The Morgan fingerprint density at radius 1 is 0.906 bits per heavy atom. The molecule has 32 heavy (non-hydrogen) atoms. The van der Waals surface area contributed by atoms with Gasteiger partial charge in [-0.3, -0.25) is 4.79 Å². The highest BCUT2D eigenvalue weighted by atomic mass is 19.1. The van der Waals surface area contributed by atoms with Crippen molar-refractivity contribution in [3.63, 3.8) is 0 Å². The lowest BCUT2D eigenvalue weighted by atomic mass is 10.1. The summed E-state index contributed by atoms with van der Waals surface area (Å²) >= 11 is 0. The number of aryl methyl sites for hydroxylation is 1. The number of halogens is 2. The summed E-state index contributed by atoms with van der Waals surface area (Å²) in [5.41, 5.74) is 4.18. The van der Waals surface area contributed by atoms with Crippen molar-refractivity contribution in [3.8, 4) is 22.7 Å². The van der Waals surface area contributed by atoms with Gasteiger partial charge in [-0.25, -0.2) is 8.78 Å². The average molecular weight is 432 g/mol. The minimum atomic E-state index is -0.719. The zero-order chi connectivity index (χ0) is 22.8. The van der Waals surface area contributed by atoms with E-state index >= 15 is 0 Å². The van der Waals surface area contributed by atoms with Gasteiger partial charge in [-0.1, -0.05) is 17.7 Å². The van der Waals surface area contributed by atoms with Gasteiger partial charge < -0.3 is 14.6 Å². The first-order valence-corrected chi connectivity index (χ1v) is 10.1. The van der Waals surface area contributed by atoms with Crippen molar-refractivity contribution in [1.29, 1.82) is 0 Å². The Labute approximate surface area is 185 Å². The standard InChI is InChI=1S/C26H22F2N2O2/c1-16-4-9-20(10-5-16)29-26(31)22-15-25(18-6-11-21(32-3)12-7-18)30(17(22)2)24-13-8-19(27)14-23(24)28/h4-15H,1-3H3,(H,29,31). The predicted octanol–water partition coefficient (Wildman–Crippen LogP) is 6.30. The Hall–Kier alpha value is -3.93. The molecule has 4 rings (SSSR count). The number of rotatable bonds is 5. The Morgan fingerprint density at radius 2 is 1.59 bits per heavy atom. The van der Waals surface area contributed by atoms with Crippen LogP contribution in [0, 0.1) is 25.5 Å². The maximum Gasteiger partial charge on any atom is 0.257 e. The summed E-state index contributed by atoms with van der Waals surface area (Å²) in [6.07, 6.45) is 0. The van der Waals surface area contributed by atoms with Crippen LogP contribution in [0.25, 0.3) is 16.9 Å². The summed E-state index contributed by atoms with van der Waals surface area (Å²) in [5, 5.41) is 2.89. The number of carbonyl (C=O) groups excluding carboxylic acids is 1. The normalized spacial score (nSPS) is 10.8. The second-order valence-electron chi connectivity index (χ2n) is 7.51. The number of carbonyl (C=O) groups is 1. The van der Waals surface area contributed by atoms with E-state index in [-0.39, 0.29) is 11.6 Å². The molecule has 0 saturated heterocycles. The van der Waals surface area contributed by atoms with Gasteiger partial charge in [0.25, 0.3) is 5.91 Å². The van der Waals surface area contributed by atoms with Crippen LogP contribution in [0.4, 0.5) is 14.5 Å². The van der Waals surface area contributed by atoms with Crippen molar-refractivity contribution in [2.45, 2.75) is 13.8 Å². The number of anilines is 1. The van der Waals surface area contributed by atoms with Crippen LogP contribution >= 0.6 is 0 Å². The molecule has 1 heterocycles. The van der Waals surface area contributed by atoms with Gasteiger partial charge in [0, 0.05) is 17.4 Å². The fourth-order valence-electron chi connectivity index (χ4n) is 3.62. The molecule has 0 bridgehead atoms. The highest BCUT2D eigenvalue weighted by molar-refractivity contribution is 6.06. The van der Waals surface area contributed by atoms with Gasteiger partial charge in [0.05, 0.1) is 24.1 Å². The minimum absolute atomic E-state index is 0.157. The maximum atomic E-state index is 14.7. The zero-order valence-electron chi connectivity index (χ0n) is 17.9. The molecule has 0 spiro atoms. The Kier molecular flexibility index (Phi) is 5.77. The van der Waals surface area contributed by atoms with E-state index in [0.29, 0.717) is 28.4 Å². The van der Waals surface area contributed by atoms with Gasteiger partial charge in [-0.15, -0.1) is 0 Å².